The molecule has 0 aliphatic carbocycles. The van der Waals surface area contributed by atoms with Crippen molar-refractivity contribution in [3.63, 3.8) is 0 Å². The van der Waals surface area contributed by atoms with Crippen molar-refractivity contribution >= 4 is 0 Å². The van der Waals surface area contributed by atoms with Crippen LogP contribution in [-0.2, 0) is 6.54 Å². The van der Waals surface area contributed by atoms with Gasteiger partial charge in [0.25, 0.3) is 5.56 Å². The van der Waals surface area contributed by atoms with Gasteiger partial charge in [-0.1, -0.05) is 0 Å². The fraction of sp³-hybridized carbons (Fsp3) is 0.273. The Morgan fingerprint density at radius 1 is 1.35 bits per heavy atom. The van der Waals surface area contributed by atoms with Gasteiger partial charge in [-0.3, -0.25) is 4.79 Å². The second kappa shape index (κ2) is 4.84. The van der Waals surface area contributed by atoms with Crippen LogP contribution in [0.2, 0.25) is 0 Å². The Kier molecular flexibility index (Phi) is 3.24. The minimum atomic E-state index is -0.204. The van der Waals surface area contributed by atoms with Crippen molar-refractivity contribution in [1.29, 1.82) is 0 Å². The lowest BCUT2D eigenvalue weighted by atomic mass is 10.3. The molecule has 0 fully saturated rings. The number of hydrogen-bond acceptors (Lipinski definition) is 5. The topological polar surface area (TPSA) is 83.6 Å². The number of H-pyrrole nitrogens is 1. The Hall–Kier alpha value is -2.08. The second-order valence-corrected chi connectivity index (χ2v) is 3.70. The molecule has 0 atom stereocenters. The fourth-order valence-electron chi connectivity index (χ4n) is 1.40. The van der Waals surface area contributed by atoms with Crippen LogP contribution in [0, 0.1) is 6.92 Å². The first kappa shape index (κ1) is 11.4. The van der Waals surface area contributed by atoms with E-state index in [1.165, 1.54) is 6.07 Å². The summed E-state index contributed by atoms with van der Waals surface area (Å²) in [5.41, 5.74) is 1.42. The molecule has 0 radical (unpaired) electrons. The summed E-state index contributed by atoms with van der Waals surface area (Å²) < 4.78 is 0. The van der Waals surface area contributed by atoms with Crippen LogP contribution in [0.4, 0.5) is 0 Å². The Labute approximate surface area is 98.2 Å². The zero-order valence-corrected chi connectivity index (χ0v) is 9.69. The molecule has 2 rings (SSSR count). The van der Waals surface area contributed by atoms with Gasteiger partial charge in [-0.25, -0.2) is 15.0 Å². The van der Waals surface area contributed by atoms with Gasteiger partial charge in [0, 0.05) is 25.0 Å². The quantitative estimate of drug-likeness (QED) is 0.791. The summed E-state index contributed by atoms with van der Waals surface area (Å²) in [7, 11) is 1.80. The summed E-state index contributed by atoms with van der Waals surface area (Å²) in [5.74, 6) is 0.813. The lowest BCUT2D eigenvalue weighted by molar-refractivity contribution is 0.783. The molecule has 0 saturated heterocycles. The molecule has 88 valence electrons. The van der Waals surface area contributed by atoms with Gasteiger partial charge in [-0.2, -0.15) is 0 Å². The molecule has 2 heterocycles. The van der Waals surface area contributed by atoms with E-state index in [0.717, 1.165) is 5.56 Å². The monoisotopic (exact) mass is 231 g/mol. The SMILES string of the molecule is CNCc1cc(=O)[nH]c(-c2ncc(C)cn2)n1. The van der Waals surface area contributed by atoms with Crippen LogP contribution in [0.15, 0.2) is 23.3 Å². The highest BCUT2D eigenvalue weighted by Gasteiger charge is 2.05. The van der Waals surface area contributed by atoms with Crippen LogP contribution >= 0.6 is 0 Å². The van der Waals surface area contributed by atoms with Crippen LogP contribution in [-0.4, -0.2) is 27.0 Å². The number of nitrogens with one attached hydrogen (secondary N) is 2. The van der Waals surface area contributed by atoms with E-state index in [1.54, 1.807) is 19.4 Å². The first-order chi connectivity index (χ1) is 8.19. The van der Waals surface area contributed by atoms with E-state index in [1.807, 2.05) is 6.92 Å². The third-order valence-corrected chi connectivity index (χ3v) is 2.15. The molecule has 0 saturated carbocycles. The van der Waals surface area contributed by atoms with Crippen LogP contribution in [0.1, 0.15) is 11.3 Å². The number of rotatable bonds is 3. The maximum atomic E-state index is 11.4. The van der Waals surface area contributed by atoms with Gasteiger partial charge >= 0.3 is 0 Å². The van der Waals surface area contributed by atoms with Crippen LogP contribution in [0.3, 0.4) is 0 Å². The molecule has 2 aromatic rings. The first-order valence-electron chi connectivity index (χ1n) is 5.23. The van der Waals surface area contributed by atoms with Gasteiger partial charge in [0.05, 0.1) is 5.69 Å². The highest BCUT2D eigenvalue weighted by Crippen LogP contribution is 2.06. The fourth-order valence-corrected chi connectivity index (χ4v) is 1.40. The second-order valence-electron chi connectivity index (χ2n) is 3.70. The van der Waals surface area contributed by atoms with E-state index in [0.29, 0.717) is 23.9 Å². The third-order valence-electron chi connectivity index (χ3n) is 2.15. The molecule has 0 aliphatic rings. The lowest BCUT2D eigenvalue weighted by Crippen LogP contribution is -2.15. The summed E-state index contributed by atoms with van der Waals surface area (Å²) in [5, 5.41) is 2.94. The molecule has 2 N–H and O–H groups in total. The molecule has 2 aromatic heterocycles. The summed E-state index contributed by atoms with van der Waals surface area (Å²) in [6, 6.07) is 1.45. The standard InChI is InChI=1S/C11H13N5O/c1-7-4-13-10(14-5-7)11-15-8(6-12-2)3-9(17)16-11/h3-5,12H,6H2,1-2H3,(H,15,16,17). The van der Waals surface area contributed by atoms with Crippen LogP contribution in [0.5, 0.6) is 0 Å². The number of nitrogens with zero attached hydrogens (tertiary/aromatic N) is 3. The summed E-state index contributed by atoms with van der Waals surface area (Å²) >= 11 is 0. The zero-order chi connectivity index (χ0) is 12.3. The Balaban J connectivity index is 2.44. The van der Waals surface area contributed by atoms with E-state index in [9.17, 15) is 4.79 Å². The number of aromatic nitrogens is 4. The molecule has 0 spiro atoms. The minimum absolute atomic E-state index is 0.204. The number of aromatic amines is 1. The Morgan fingerprint density at radius 2 is 2.06 bits per heavy atom. The molecule has 0 unspecified atom stereocenters. The first-order valence-corrected chi connectivity index (χ1v) is 5.23. The van der Waals surface area contributed by atoms with Gasteiger partial charge in [-0.15, -0.1) is 0 Å². The molecule has 6 nitrogen and oxygen atoms in total. The van der Waals surface area contributed by atoms with E-state index >= 15 is 0 Å². The Bertz CT molecular complexity index is 561. The largest absolute Gasteiger partial charge is 0.314 e. The summed E-state index contributed by atoms with van der Waals surface area (Å²) in [6.07, 6.45) is 3.38. The van der Waals surface area contributed by atoms with Crippen molar-refractivity contribution in [3.05, 3.63) is 40.1 Å². The van der Waals surface area contributed by atoms with Crippen LogP contribution in [0.25, 0.3) is 11.6 Å². The van der Waals surface area contributed by atoms with Gasteiger partial charge in [0.15, 0.2) is 11.6 Å². The number of aryl methyl sites for hydroxylation is 1. The molecule has 6 heteroatoms. The Morgan fingerprint density at radius 3 is 2.71 bits per heavy atom. The third kappa shape index (κ3) is 2.73. The van der Waals surface area contributed by atoms with Gasteiger partial charge < -0.3 is 10.3 Å². The number of hydrogen-bond donors (Lipinski definition) is 2. The zero-order valence-electron chi connectivity index (χ0n) is 9.69. The van der Waals surface area contributed by atoms with Crippen molar-refractivity contribution in [2.24, 2.45) is 0 Å². The smallest absolute Gasteiger partial charge is 0.251 e. The van der Waals surface area contributed by atoms with Gasteiger partial charge in [0.1, 0.15) is 0 Å². The normalized spacial score (nSPS) is 10.5. The molecule has 0 aromatic carbocycles. The van der Waals surface area contributed by atoms with Gasteiger partial charge in [0.2, 0.25) is 0 Å². The summed E-state index contributed by atoms with van der Waals surface area (Å²) in [4.78, 5) is 26.6. The van der Waals surface area contributed by atoms with Crippen molar-refractivity contribution in [2.75, 3.05) is 7.05 Å². The minimum Gasteiger partial charge on any atom is -0.314 e. The average Bonchev–Trinajstić information content (AvgIpc) is 2.29. The van der Waals surface area contributed by atoms with Crippen LogP contribution < -0.4 is 10.9 Å². The molecular formula is C11H13N5O. The maximum Gasteiger partial charge on any atom is 0.251 e. The van der Waals surface area contributed by atoms with Crippen molar-refractivity contribution in [2.45, 2.75) is 13.5 Å². The van der Waals surface area contributed by atoms with Crippen molar-refractivity contribution < 1.29 is 0 Å². The molecular weight excluding hydrogens is 218 g/mol. The summed E-state index contributed by atoms with van der Waals surface area (Å²) in [6.45, 7) is 2.43. The van der Waals surface area contributed by atoms with Crippen molar-refractivity contribution in [1.82, 2.24) is 25.3 Å². The van der Waals surface area contributed by atoms with E-state index < -0.39 is 0 Å². The molecule has 0 amide bonds. The molecule has 17 heavy (non-hydrogen) atoms. The van der Waals surface area contributed by atoms with E-state index in [2.05, 4.69) is 25.3 Å². The van der Waals surface area contributed by atoms with E-state index in [4.69, 9.17) is 0 Å². The highest BCUT2D eigenvalue weighted by atomic mass is 16.1. The van der Waals surface area contributed by atoms with Gasteiger partial charge in [-0.05, 0) is 19.5 Å². The lowest BCUT2D eigenvalue weighted by Gasteiger charge is -2.02. The molecule has 0 aliphatic heterocycles. The van der Waals surface area contributed by atoms with Crippen molar-refractivity contribution in [3.8, 4) is 11.6 Å². The predicted octanol–water partition coefficient (Wildman–Crippen LogP) is 0.255. The maximum absolute atomic E-state index is 11.4. The van der Waals surface area contributed by atoms with E-state index in [-0.39, 0.29) is 5.56 Å². The average molecular weight is 231 g/mol. The predicted molar refractivity (Wildman–Crippen MR) is 63.4 cm³/mol. The highest BCUT2D eigenvalue weighted by molar-refractivity contribution is 5.42. The molecule has 0 bridgehead atoms.